The van der Waals surface area contributed by atoms with Gasteiger partial charge in [-0.1, -0.05) is 30.1 Å². The normalized spacial score (nSPS) is 10.3. The Kier molecular flexibility index (Phi) is 6.34. The molecule has 0 unspecified atom stereocenters. The molecule has 1 rings (SSSR count). The standard InChI is InChI=1S/C12H14Cl2O3/c1-2-3-16-4-5-17-12-9(8-15)6-10(13)7-11(12)14/h6-8H,2-5H2,1H3. The lowest BCUT2D eigenvalue weighted by atomic mass is 10.2. The average Bonchev–Trinajstić information content (AvgIpc) is 2.30. The summed E-state index contributed by atoms with van der Waals surface area (Å²) in [6.07, 6.45) is 1.63. The molecule has 0 radical (unpaired) electrons. The summed E-state index contributed by atoms with van der Waals surface area (Å²) in [6, 6.07) is 3.06. The lowest BCUT2D eigenvalue weighted by Crippen LogP contribution is -2.08. The molecule has 3 nitrogen and oxygen atoms in total. The number of benzene rings is 1. The largest absolute Gasteiger partial charge is 0.489 e. The Balaban J connectivity index is 2.60. The molecule has 1 aromatic carbocycles. The summed E-state index contributed by atoms with van der Waals surface area (Å²) in [5.41, 5.74) is 0.345. The molecule has 0 heterocycles. The number of ether oxygens (including phenoxy) is 2. The first kappa shape index (κ1) is 14.3. The monoisotopic (exact) mass is 276 g/mol. The van der Waals surface area contributed by atoms with E-state index in [1.807, 2.05) is 6.92 Å². The van der Waals surface area contributed by atoms with Crippen molar-refractivity contribution in [2.24, 2.45) is 0 Å². The van der Waals surface area contributed by atoms with Gasteiger partial charge in [-0.25, -0.2) is 0 Å². The minimum atomic E-state index is 0.329. The molecule has 0 aromatic heterocycles. The van der Waals surface area contributed by atoms with Gasteiger partial charge in [0, 0.05) is 11.6 Å². The molecule has 0 spiro atoms. The van der Waals surface area contributed by atoms with E-state index in [0.29, 0.717) is 47.5 Å². The van der Waals surface area contributed by atoms with Gasteiger partial charge in [-0.05, 0) is 18.6 Å². The second-order valence-electron chi connectivity index (χ2n) is 3.38. The second-order valence-corrected chi connectivity index (χ2v) is 4.23. The van der Waals surface area contributed by atoms with Crippen LogP contribution < -0.4 is 4.74 Å². The molecule has 0 aliphatic rings. The minimum absolute atomic E-state index is 0.329. The van der Waals surface area contributed by atoms with Crippen LogP contribution in [0.25, 0.3) is 0 Å². The van der Waals surface area contributed by atoms with Crippen LogP contribution in [0.2, 0.25) is 10.0 Å². The summed E-state index contributed by atoms with van der Waals surface area (Å²) in [6.45, 7) is 3.53. The Morgan fingerprint density at radius 3 is 2.65 bits per heavy atom. The Bertz CT molecular complexity index is 380. The van der Waals surface area contributed by atoms with Crippen LogP contribution in [-0.2, 0) is 4.74 Å². The summed E-state index contributed by atoms with van der Waals surface area (Å²) in [7, 11) is 0. The maximum Gasteiger partial charge on any atom is 0.153 e. The van der Waals surface area contributed by atoms with Gasteiger partial charge in [-0.2, -0.15) is 0 Å². The fourth-order valence-electron chi connectivity index (χ4n) is 1.27. The molecular weight excluding hydrogens is 263 g/mol. The molecule has 0 saturated carbocycles. The number of carbonyl (C=O) groups excluding carboxylic acids is 1. The van der Waals surface area contributed by atoms with Crippen LogP contribution >= 0.6 is 23.2 Å². The van der Waals surface area contributed by atoms with Crippen molar-refractivity contribution in [2.45, 2.75) is 13.3 Å². The van der Waals surface area contributed by atoms with Crippen LogP contribution in [0.5, 0.6) is 5.75 Å². The highest BCUT2D eigenvalue weighted by molar-refractivity contribution is 6.36. The van der Waals surface area contributed by atoms with Gasteiger partial charge in [-0.15, -0.1) is 0 Å². The van der Waals surface area contributed by atoms with E-state index in [4.69, 9.17) is 32.7 Å². The van der Waals surface area contributed by atoms with Crippen molar-refractivity contribution in [3.63, 3.8) is 0 Å². The predicted octanol–water partition coefficient (Wildman–Crippen LogP) is 3.61. The van der Waals surface area contributed by atoms with E-state index in [2.05, 4.69) is 0 Å². The van der Waals surface area contributed by atoms with Crippen molar-refractivity contribution in [3.05, 3.63) is 27.7 Å². The fourth-order valence-corrected chi connectivity index (χ4v) is 1.83. The zero-order valence-electron chi connectivity index (χ0n) is 9.54. The van der Waals surface area contributed by atoms with Crippen molar-refractivity contribution in [3.8, 4) is 5.75 Å². The first-order valence-corrected chi connectivity index (χ1v) is 6.09. The molecule has 0 atom stereocenters. The molecule has 0 saturated heterocycles. The molecule has 17 heavy (non-hydrogen) atoms. The third kappa shape index (κ3) is 4.54. The maximum atomic E-state index is 10.8. The highest BCUT2D eigenvalue weighted by atomic mass is 35.5. The van der Waals surface area contributed by atoms with Crippen LogP contribution in [0.4, 0.5) is 0 Å². The molecule has 0 fully saturated rings. The van der Waals surface area contributed by atoms with Crippen LogP contribution in [0.3, 0.4) is 0 Å². The van der Waals surface area contributed by atoms with Gasteiger partial charge < -0.3 is 9.47 Å². The first-order valence-electron chi connectivity index (χ1n) is 5.33. The first-order chi connectivity index (χ1) is 8.19. The molecule has 0 aliphatic heterocycles. The lowest BCUT2D eigenvalue weighted by molar-refractivity contribution is 0.0992. The van der Waals surface area contributed by atoms with E-state index in [9.17, 15) is 4.79 Å². The summed E-state index contributed by atoms with van der Waals surface area (Å²) in [4.78, 5) is 10.8. The Morgan fingerprint density at radius 1 is 1.24 bits per heavy atom. The van der Waals surface area contributed by atoms with E-state index in [1.165, 1.54) is 6.07 Å². The number of halogens is 2. The molecule has 0 amide bonds. The van der Waals surface area contributed by atoms with Crippen LogP contribution in [0.1, 0.15) is 23.7 Å². The zero-order chi connectivity index (χ0) is 12.7. The molecule has 1 aromatic rings. The van der Waals surface area contributed by atoms with Gasteiger partial charge >= 0.3 is 0 Å². The molecule has 94 valence electrons. The van der Waals surface area contributed by atoms with Crippen LogP contribution in [0, 0.1) is 0 Å². The van der Waals surface area contributed by atoms with Crippen LogP contribution in [-0.4, -0.2) is 26.1 Å². The Labute approximate surface area is 111 Å². The molecule has 0 aliphatic carbocycles. The zero-order valence-corrected chi connectivity index (χ0v) is 11.1. The third-order valence-corrected chi connectivity index (χ3v) is 2.49. The molecular formula is C12H14Cl2O3. The number of rotatable bonds is 7. The van der Waals surface area contributed by atoms with E-state index < -0.39 is 0 Å². The van der Waals surface area contributed by atoms with Crippen molar-refractivity contribution in [1.82, 2.24) is 0 Å². The van der Waals surface area contributed by atoms with Gasteiger partial charge in [0.05, 0.1) is 17.2 Å². The topological polar surface area (TPSA) is 35.5 Å². The summed E-state index contributed by atoms with van der Waals surface area (Å²) in [5.74, 6) is 0.353. The van der Waals surface area contributed by atoms with Gasteiger partial charge in [0.25, 0.3) is 0 Å². The van der Waals surface area contributed by atoms with Crippen molar-refractivity contribution >= 4 is 29.5 Å². The van der Waals surface area contributed by atoms with Gasteiger partial charge in [0.15, 0.2) is 6.29 Å². The van der Waals surface area contributed by atoms with E-state index in [0.717, 1.165) is 6.42 Å². The van der Waals surface area contributed by atoms with E-state index >= 15 is 0 Å². The average molecular weight is 277 g/mol. The maximum absolute atomic E-state index is 10.8. The quantitative estimate of drug-likeness (QED) is 0.564. The molecule has 5 heteroatoms. The van der Waals surface area contributed by atoms with Crippen LogP contribution in [0.15, 0.2) is 12.1 Å². The highest BCUT2D eigenvalue weighted by Gasteiger charge is 2.09. The summed E-state index contributed by atoms with van der Waals surface area (Å²) < 4.78 is 10.7. The van der Waals surface area contributed by atoms with E-state index in [1.54, 1.807) is 6.07 Å². The number of hydrogen-bond acceptors (Lipinski definition) is 3. The SMILES string of the molecule is CCCOCCOc1c(Cl)cc(Cl)cc1C=O. The summed E-state index contributed by atoms with van der Waals surface area (Å²) >= 11 is 11.7. The van der Waals surface area contributed by atoms with Crippen molar-refractivity contribution < 1.29 is 14.3 Å². The van der Waals surface area contributed by atoms with Crippen molar-refractivity contribution in [1.29, 1.82) is 0 Å². The fraction of sp³-hybridized carbons (Fsp3) is 0.417. The smallest absolute Gasteiger partial charge is 0.153 e. The minimum Gasteiger partial charge on any atom is -0.489 e. The lowest BCUT2D eigenvalue weighted by Gasteiger charge is -2.10. The number of aldehydes is 1. The highest BCUT2D eigenvalue weighted by Crippen LogP contribution is 2.31. The second kappa shape index (κ2) is 7.54. The predicted molar refractivity (Wildman–Crippen MR) is 68.5 cm³/mol. The van der Waals surface area contributed by atoms with E-state index in [-0.39, 0.29) is 0 Å². The Hall–Kier alpha value is -0.770. The number of hydrogen-bond donors (Lipinski definition) is 0. The van der Waals surface area contributed by atoms with Gasteiger partial charge in [0.1, 0.15) is 12.4 Å². The third-order valence-electron chi connectivity index (χ3n) is 1.99. The van der Waals surface area contributed by atoms with Gasteiger partial charge in [0.2, 0.25) is 0 Å². The Morgan fingerprint density at radius 2 is 2.00 bits per heavy atom. The molecule has 0 N–H and O–H groups in total. The summed E-state index contributed by atoms with van der Waals surface area (Å²) in [5, 5.41) is 0.738. The number of carbonyl (C=O) groups is 1. The van der Waals surface area contributed by atoms with Crippen molar-refractivity contribution in [2.75, 3.05) is 19.8 Å². The molecule has 0 bridgehead atoms. The van der Waals surface area contributed by atoms with Gasteiger partial charge in [-0.3, -0.25) is 4.79 Å².